The first-order chi connectivity index (χ1) is 13.3. The summed E-state index contributed by atoms with van der Waals surface area (Å²) in [6, 6.07) is 17.0. The van der Waals surface area contributed by atoms with Crippen molar-refractivity contribution >= 4 is 12.1 Å². The standard InChI is InChI=1S/C22H27NO5/c1-22(2,3)28-21(25)23-14-19(20(24)26-4)17-10-12-18(13-11-17)27-15-16-8-6-5-7-9-16/h5-13,19H,14-15H2,1-4H3,(H,23,25). The molecule has 0 aliphatic heterocycles. The zero-order valence-corrected chi connectivity index (χ0v) is 16.7. The Morgan fingerprint density at radius 1 is 1.00 bits per heavy atom. The summed E-state index contributed by atoms with van der Waals surface area (Å²) in [6.45, 7) is 5.86. The van der Waals surface area contributed by atoms with E-state index >= 15 is 0 Å². The van der Waals surface area contributed by atoms with Gasteiger partial charge in [-0.2, -0.15) is 0 Å². The van der Waals surface area contributed by atoms with Gasteiger partial charge in [0.1, 0.15) is 18.0 Å². The minimum Gasteiger partial charge on any atom is -0.489 e. The summed E-state index contributed by atoms with van der Waals surface area (Å²) in [5, 5.41) is 2.62. The fraction of sp³-hybridized carbons (Fsp3) is 0.364. The second-order valence-electron chi connectivity index (χ2n) is 7.30. The van der Waals surface area contributed by atoms with Crippen molar-refractivity contribution in [2.24, 2.45) is 0 Å². The smallest absolute Gasteiger partial charge is 0.407 e. The number of rotatable bonds is 7. The van der Waals surface area contributed by atoms with Crippen LogP contribution >= 0.6 is 0 Å². The number of carbonyl (C=O) groups is 2. The number of amides is 1. The Morgan fingerprint density at radius 3 is 2.21 bits per heavy atom. The zero-order chi connectivity index (χ0) is 20.6. The summed E-state index contributed by atoms with van der Waals surface area (Å²) in [6.07, 6.45) is -0.579. The van der Waals surface area contributed by atoms with Crippen molar-refractivity contribution in [3.05, 3.63) is 65.7 Å². The van der Waals surface area contributed by atoms with Gasteiger partial charge in [0.25, 0.3) is 0 Å². The van der Waals surface area contributed by atoms with Gasteiger partial charge in [0.05, 0.1) is 13.0 Å². The molecular formula is C22H27NO5. The summed E-state index contributed by atoms with van der Waals surface area (Å²) in [7, 11) is 1.32. The molecule has 1 atom stereocenters. The Morgan fingerprint density at radius 2 is 1.64 bits per heavy atom. The molecule has 0 bridgehead atoms. The van der Waals surface area contributed by atoms with Gasteiger partial charge in [-0.15, -0.1) is 0 Å². The molecule has 0 aliphatic carbocycles. The number of esters is 1. The van der Waals surface area contributed by atoms with Crippen molar-refractivity contribution in [2.75, 3.05) is 13.7 Å². The lowest BCUT2D eigenvalue weighted by Gasteiger charge is -2.21. The molecular weight excluding hydrogens is 358 g/mol. The van der Waals surface area contributed by atoms with Gasteiger partial charge < -0.3 is 19.5 Å². The average Bonchev–Trinajstić information content (AvgIpc) is 2.66. The summed E-state index contributed by atoms with van der Waals surface area (Å²) < 4.78 is 15.8. The Bertz CT molecular complexity index is 766. The predicted octanol–water partition coefficient (Wildman–Crippen LogP) is 4.05. The van der Waals surface area contributed by atoms with Crippen molar-refractivity contribution in [3.63, 3.8) is 0 Å². The van der Waals surface area contributed by atoms with E-state index in [1.165, 1.54) is 7.11 Å². The third-order valence-corrected chi connectivity index (χ3v) is 3.87. The highest BCUT2D eigenvalue weighted by Crippen LogP contribution is 2.21. The number of alkyl carbamates (subject to hydrolysis) is 1. The molecule has 28 heavy (non-hydrogen) atoms. The molecule has 1 unspecified atom stereocenters. The number of nitrogens with one attached hydrogen (secondary N) is 1. The largest absolute Gasteiger partial charge is 0.489 e. The monoisotopic (exact) mass is 385 g/mol. The molecule has 0 radical (unpaired) electrons. The van der Waals surface area contributed by atoms with Crippen LogP contribution in [0.25, 0.3) is 0 Å². The van der Waals surface area contributed by atoms with Crippen LogP contribution in [-0.4, -0.2) is 31.3 Å². The molecule has 6 nitrogen and oxygen atoms in total. The summed E-state index contributed by atoms with van der Waals surface area (Å²) in [4.78, 5) is 24.0. The van der Waals surface area contributed by atoms with E-state index in [1.807, 2.05) is 30.3 Å². The molecule has 0 heterocycles. The van der Waals surface area contributed by atoms with Crippen LogP contribution in [0.2, 0.25) is 0 Å². The van der Waals surface area contributed by atoms with E-state index in [0.717, 1.165) is 11.1 Å². The normalized spacial score (nSPS) is 12.0. The van der Waals surface area contributed by atoms with Crippen molar-refractivity contribution in [1.82, 2.24) is 5.32 Å². The minimum atomic E-state index is -0.638. The third kappa shape index (κ3) is 6.95. The molecule has 0 aromatic heterocycles. The van der Waals surface area contributed by atoms with Crippen molar-refractivity contribution < 1.29 is 23.8 Å². The van der Waals surface area contributed by atoms with E-state index in [0.29, 0.717) is 12.4 Å². The number of methoxy groups -OCH3 is 1. The van der Waals surface area contributed by atoms with E-state index in [9.17, 15) is 9.59 Å². The Kier molecular flexibility index (Phi) is 7.44. The van der Waals surface area contributed by atoms with E-state index < -0.39 is 23.6 Å². The topological polar surface area (TPSA) is 73.9 Å². The molecule has 1 amide bonds. The van der Waals surface area contributed by atoms with E-state index in [1.54, 1.807) is 45.0 Å². The Labute approximate surface area is 165 Å². The van der Waals surface area contributed by atoms with Gasteiger partial charge in [0.15, 0.2) is 0 Å². The Balaban J connectivity index is 1.99. The highest BCUT2D eigenvalue weighted by Gasteiger charge is 2.24. The lowest BCUT2D eigenvalue weighted by Crippen LogP contribution is -2.36. The second kappa shape index (κ2) is 9.78. The highest BCUT2D eigenvalue weighted by atomic mass is 16.6. The molecule has 0 saturated heterocycles. The van der Waals surface area contributed by atoms with Crippen LogP contribution in [0.4, 0.5) is 4.79 Å². The van der Waals surface area contributed by atoms with Crippen LogP contribution < -0.4 is 10.1 Å². The molecule has 0 saturated carbocycles. The van der Waals surface area contributed by atoms with Gasteiger partial charge in [-0.05, 0) is 44.0 Å². The van der Waals surface area contributed by atoms with Gasteiger partial charge in [-0.25, -0.2) is 4.79 Å². The molecule has 150 valence electrons. The fourth-order valence-electron chi connectivity index (χ4n) is 2.52. The van der Waals surface area contributed by atoms with Crippen LogP contribution in [0.1, 0.15) is 37.8 Å². The number of carbonyl (C=O) groups excluding carboxylic acids is 2. The highest BCUT2D eigenvalue weighted by molar-refractivity contribution is 5.79. The van der Waals surface area contributed by atoms with Crippen molar-refractivity contribution in [3.8, 4) is 5.75 Å². The molecule has 6 heteroatoms. The number of hydrogen-bond acceptors (Lipinski definition) is 5. The van der Waals surface area contributed by atoms with E-state index in [4.69, 9.17) is 14.2 Å². The molecule has 2 aromatic carbocycles. The minimum absolute atomic E-state index is 0.0752. The molecule has 2 aromatic rings. The lowest BCUT2D eigenvalue weighted by molar-refractivity contribution is -0.142. The molecule has 1 N–H and O–H groups in total. The average molecular weight is 385 g/mol. The maximum atomic E-state index is 12.2. The SMILES string of the molecule is COC(=O)C(CNC(=O)OC(C)(C)C)c1ccc(OCc2ccccc2)cc1. The van der Waals surface area contributed by atoms with Crippen LogP contribution in [0.5, 0.6) is 5.75 Å². The van der Waals surface area contributed by atoms with Gasteiger partial charge in [-0.1, -0.05) is 42.5 Å². The molecule has 0 fully saturated rings. The lowest BCUT2D eigenvalue weighted by atomic mass is 9.99. The number of ether oxygens (including phenoxy) is 3. The maximum absolute atomic E-state index is 12.2. The number of benzene rings is 2. The second-order valence-corrected chi connectivity index (χ2v) is 7.30. The van der Waals surface area contributed by atoms with Crippen molar-refractivity contribution in [1.29, 1.82) is 0 Å². The number of hydrogen-bond donors (Lipinski definition) is 1. The third-order valence-electron chi connectivity index (χ3n) is 3.87. The first-order valence-corrected chi connectivity index (χ1v) is 9.10. The molecule has 2 rings (SSSR count). The van der Waals surface area contributed by atoms with Gasteiger partial charge in [-0.3, -0.25) is 4.79 Å². The van der Waals surface area contributed by atoms with E-state index in [-0.39, 0.29) is 6.54 Å². The quantitative estimate of drug-likeness (QED) is 0.728. The van der Waals surface area contributed by atoms with Gasteiger partial charge in [0.2, 0.25) is 0 Å². The fourth-order valence-corrected chi connectivity index (χ4v) is 2.52. The van der Waals surface area contributed by atoms with Crippen LogP contribution in [0.3, 0.4) is 0 Å². The first kappa shape index (κ1) is 21.3. The Hall–Kier alpha value is -3.02. The molecule has 0 spiro atoms. The zero-order valence-electron chi connectivity index (χ0n) is 16.7. The van der Waals surface area contributed by atoms with Crippen LogP contribution in [0, 0.1) is 0 Å². The first-order valence-electron chi connectivity index (χ1n) is 9.10. The summed E-state index contributed by atoms with van der Waals surface area (Å²) in [5.41, 5.74) is 1.18. The predicted molar refractivity (Wildman–Crippen MR) is 106 cm³/mol. The van der Waals surface area contributed by atoms with Crippen LogP contribution in [-0.2, 0) is 20.9 Å². The van der Waals surface area contributed by atoms with Crippen molar-refractivity contribution in [2.45, 2.75) is 38.9 Å². The molecule has 0 aliphatic rings. The maximum Gasteiger partial charge on any atom is 0.407 e. The van der Waals surface area contributed by atoms with Gasteiger partial charge in [0, 0.05) is 6.54 Å². The van der Waals surface area contributed by atoms with E-state index in [2.05, 4.69) is 5.32 Å². The van der Waals surface area contributed by atoms with Gasteiger partial charge >= 0.3 is 12.1 Å². The summed E-state index contributed by atoms with van der Waals surface area (Å²) >= 11 is 0. The summed E-state index contributed by atoms with van der Waals surface area (Å²) in [5.74, 6) is -0.383. The van der Waals surface area contributed by atoms with Crippen LogP contribution in [0.15, 0.2) is 54.6 Å².